The fraction of sp³-hybridized carbons (Fsp3) is 0.538. The highest BCUT2D eigenvalue weighted by atomic mass is 19.1. The van der Waals surface area contributed by atoms with Crippen LogP contribution in [0.3, 0.4) is 0 Å². The lowest BCUT2D eigenvalue weighted by Gasteiger charge is -2.21. The summed E-state index contributed by atoms with van der Waals surface area (Å²) < 4.78 is 13.2. The van der Waals surface area contributed by atoms with Crippen LogP contribution in [0.15, 0.2) is 18.2 Å². The molecule has 0 saturated carbocycles. The van der Waals surface area contributed by atoms with Gasteiger partial charge >= 0.3 is 0 Å². The highest BCUT2D eigenvalue weighted by molar-refractivity contribution is 5.35. The predicted octanol–water partition coefficient (Wildman–Crippen LogP) is 2.23. The van der Waals surface area contributed by atoms with Crippen LogP contribution in [-0.2, 0) is 6.54 Å². The Morgan fingerprint density at radius 3 is 2.63 bits per heavy atom. The van der Waals surface area contributed by atoms with Gasteiger partial charge in [0.1, 0.15) is 5.82 Å². The van der Waals surface area contributed by atoms with E-state index in [1.54, 1.807) is 0 Å². The number of benzene rings is 1. The van der Waals surface area contributed by atoms with E-state index in [-0.39, 0.29) is 18.3 Å². The van der Waals surface area contributed by atoms with Gasteiger partial charge in [0.2, 0.25) is 0 Å². The molecule has 0 aliphatic heterocycles. The molecule has 0 heterocycles. The largest absolute Gasteiger partial charge is 0.396 e. The van der Waals surface area contributed by atoms with Crippen LogP contribution < -0.4 is 5.32 Å². The third kappa shape index (κ3) is 4.92. The lowest BCUT2D eigenvalue weighted by Crippen LogP contribution is -2.34. The first-order valence-electron chi connectivity index (χ1n) is 6.22. The Kier molecular flexibility index (Phi) is 5.85. The van der Waals surface area contributed by atoms with Crippen LogP contribution in [0.2, 0.25) is 0 Å². The first-order chi connectivity index (χ1) is 8.93. The zero-order chi connectivity index (χ0) is 14.4. The number of nitrogens with one attached hydrogen (secondary N) is 1. The third-order valence-electron chi connectivity index (χ3n) is 2.97. The molecule has 19 heavy (non-hydrogen) atoms. The Hall–Kier alpha value is -1.53. The molecule has 0 amide bonds. The number of rotatable bonds is 7. The molecule has 6 heteroatoms. The summed E-state index contributed by atoms with van der Waals surface area (Å²) in [6, 6.07) is 3.62. The highest BCUT2D eigenvalue weighted by Gasteiger charge is 2.14. The number of hydrogen-bond donors (Lipinski definition) is 2. The van der Waals surface area contributed by atoms with E-state index in [1.807, 2.05) is 13.8 Å². The Morgan fingerprint density at radius 1 is 1.42 bits per heavy atom. The SMILES string of the molecule is CC(C)C(CCO)NCc1cc(F)cc([N+](=O)[O-])c1. The van der Waals surface area contributed by atoms with Crippen LogP contribution >= 0.6 is 0 Å². The molecule has 0 fully saturated rings. The molecule has 0 aliphatic rings. The Balaban J connectivity index is 2.73. The van der Waals surface area contributed by atoms with Crippen molar-refractivity contribution >= 4 is 5.69 Å². The van der Waals surface area contributed by atoms with Crippen molar-refractivity contribution in [1.29, 1.82) is 0 Å². The molecule has 2 N–H and O–H groups in total. The summed E-state index contributed by atoms with van der Waals surface area (Å²) in [4.78, 5) is 10.0. The van der Waals surface area contributed by atoms with Gasteiger partial charge in [-0.15, -0.1) is 0 Å². The minimum atomic E-state index is -0.616. The first-order valence-corrected chi connectivity index (χ1v) is 6.22. The third-order valence-corrected chi connectivity index (χ3v) is 2.97. The van der Waals surface area contributed by atoms with Gasteiger partial charge in [0, 0.05) is 25.3 Å². The Bertz CT molecular complexity index is 438. The summed E-state index contributed by atoms with van der Waals surface area (Å²) in [5.74, 6) is -0.301. The monoisotopic (exact) mass is 270 g/mol. The molecule has 1 rings (SSSR count). The van der Waals surface area contributed by atoms with Gasteiger partial charge in [-0.05, 0) is 24.0 Å². The van der Waals surface area contributed by atoms with Gasteiger partial charge in [-0.1, -0.05) is 13.8 Å². The van der Waals surface area contributed by atoms with Crippen LogP contribution in [0.25, 0.3) is 0 Å². The van der Waals surface area contributed by atoms with Crippen molar-refractivity contribution in [2.45, 2.75) is 32.9 Å². The standard InChI is InChI=1S/C13H19FN2O3/c1-9(2)13(3-4-17)15-8-10-5-11(14)7-12(6-10)16(18)19/h5-7,9,13,15,17H,3-4,8H2,1-2H3. The average molecular weight is 270 g/mol. The highest BCUT2D eigenvalue weighted by Crippen LogP contribution is 2.17. The minimum absolute atomic E-state index is 0.0686. The van der Waals surface area contributed by atoms with Crippen LogP contribution in [0.5, 0.6) is 0 Å². The first kappa shape index (κ1) is 15.5. The van der Waals surface area contributed by atoms with Gasteiger partial charge in [0.25, 0.3) is 5.69 Å². The van der Waals surface area contributed by atoms with Crippen LogP contribution in [0, 0.1) is 21.8 Å². The number of nitrogens with zero attached hydrogens (tertiary/aromatic N) is 1. The lowest BCUT2D eigenvalue weighted by atomic mass is 10.0. The minimum Gasteiger partial charge on any atom is -0.396 e. The van der Waals surface area contributed by atoms with Crippen molar-refractivity contribution in [1.82, 2.24) is 5.32 Å². The van der Waals surface area contributed by atoms with E-state index < -0.39 is 10.7 Å². The maximum absolute atomic E-state index is 13.2. The van der Waals surface area contributed by atoms with Crippen molar-refractivity contribution in [2.75, 3.05) is 6.61 Å². The van der Waals surface area contributed by atoms with E-state index in [0.29, 0.717) is 24.4 Å². The molecule has 0 aromatic heterocycles. The number of non-ortho nitro benzene ring substituents is 1. The molecule has 0 radical (unpaired) electrons. The van der Waals surface area contributed by atoms with Crippen molar-refractivity contribution in [3.8, 4) is 0 Å². The molecule has 1 unspecified atom stereocenters. The Labute approximate surface area is 111 Å². The summed E-state index contributed by atoms with van der Waals surface area (Å²) in [6.45, 7) is 4.43. The number of aliphatic hydroxyl groups is 1. The second kappa shape index (κ2) is 7.16. The predicted molar refractivity (Wildman–Crippen MR) is 70.2 cm³/mol. The van der Waals surface area contributed by atoms with Crippen LogP contribution in [0.4, 0.5) is 10.1 Å². The van der Waals surface area contributed by atoms with Crippen molar-refractivity contribution in [3.05, 3.63) is 39.7 Å². The molecule has 0 saturated heterocycles. The van der Waals surface area contributed by atoms with E-state index in [9.17, 15) is 14.5 Å². The second-order valence-corrected chi connectivity index (χ2v) is 4.82. The molecule has 0 spiro atoms. The molecule has 0 aliphatic carbocycles. The van der Waals surface area contributed by atoms with E-state index in [4.69, 9.17) is 5.11 Å². The average Bonchev–Trinajstić information content (AvgIpc) is 2.33. The van der Waals surface area contributed by atoms with Gasteiger partial charge in [0.15, 0.2) is 0 Å². The quantitative estimate of drug-likeness (QED) is 0.588. The number of halogens is 1. The number of nitro groups is 1. The molecular formula is C13H19FN2O3. The summed E-state index contributed by atoms with van der Waals surface area (Å²) in [6.07, 6.45) is 0.592. The Morgan fingerprint density at radius 2 is 2.11 bits per heavy atom. The number of aliphatic hydroxyl groups excluding tert-OH is 1. The van der Waals surface area contributed by atoms with Crippen LogP contribution in [-0.4, -0.2) is 22.7 Å². The molecule has 1 aromatic rings. The summed E-state index contributed by atoms with van der Waals surface area (Å²) in [7, 11) is 0. The molecule has 5 nitrogen and oxygen atoms in total. The topological polar surface area (TPSA) is 75.4 Å². The number of hydrogen-bond acceptors (Lipinski definition) is 4. The van der Waals surface area contributed by atoms with E-state index in [1.165, 1.54) is 12.1 Å². The van der Waals surface area contributed by atoms with Gasteiger partial charge in [0.05, 0.1) is 11.0 Å². The maximum atomic E-state index is 13.2. The fourth-order valence-corrected chi connectivity index (χ4v) is 1.90. The molecule has 1 atom stereocenters. The molecule has 106 valence electrons. The van der Waals surface area contributed by atoms with Gasteiger partial charge in [-0.25, -0.2) is 4.39 Å². The summed E-state index contributed by atoms with van der Waals surface area (Å²) in [5, 5.41) is 22.8. The second-order valence-electron chi connectivity index (χ2n) is 4.82. The van der Waals surface area contributed by atoms with Crippen LogP contribution in [0.1, 0.15) is 25.8 Å². The maximum Gasteiger partial charge on any atom is 0.272 e. The normalized spacial score (nSPS) is 12.7. The number of nitro benzene ring substituents is 1. The molecule has 1 aromatic carbocycles. The van der Waals surface area contributed by atoms with E-state index >= 15 is 0 Å². The smallest absolute Gasteiger partial charge is 0.272 e. The fourth-order valence-electron chi connectivity index (χ4n) is 1.90. The zero-order valence-electron chi connectivity index (χ0n) is 11.1. The summed E-state index contributed by atoms with van der Waals surface area (Å²) in [5.41, 5.74) is 0.273. The molecular weight excluding hydrogens is 251 g/mol. The van der Waals surface area contributed by atoms with Gasteiger partial charge in [-0.3, -0.25) is 10.1 Å². The van der Waals surface area contributed by atoms with Crippen molar-refractivity contribution < 1.29 is 14.4 Å². The lowest BCUT2D eigenvalue weighted by molar-refractivity contribution is -0.385. The van der Waals surface area contributed by atoms with Crippen molar-refractivity contribution in [2.24, 2.45) is 5.92 Å². The molecule has 0 bridgehead atoms. The van der Waals surface area contributed by atoms with E-state index in [0.717, 1.165) is 6.07 Å². The zero-order valence-corrected chi connectivity index (χ0v) is 11.1. The summed E-state index contributed by atoms with van der Waals surface area (Å²) >= 11 is 0. The van der Waals surface area contributed by atoms with Gasteiger partial charge < -0.3 is 10.4 Å². The van der Waals surface area contributed by atoms with Crippen molar-refractivity contribution in [3.63, 3.8) is 0 Å². The van der Waals surface area contributed by atoms with E-state index in [2.05, 4.69) is 5.32 Å². The van der Waals surface area contributed by atoms with Gasteiger partial charge in [-0.2, -0.15) is 0 Å².